The Hall–Kier alpha value is -1.88. The normalized spacial score (nSPS) is 12.8. The standard InChI is InChI=1S/C12H14N2O3/c1-13-5-4-9(12(15)16)8-2-3-10-11(6-8)17-7-14-10/h2-3,6-7,9,13H,4-5H2,1H3,(H,15,16). The molecule has 0 saturated heterocycles. The van der Waals surface area contributed by atoms with Crippen LogP contribution in [0.15, 0.2) is 29.0 Å². The molecule has 2 rings (SSSR count). The first kappa shape index (κ1) is 11.6. The summed E-state index contributed by atoms with van der Waals surface area (Å²) in [6.45, 7) is 0.658. The number of rotatable bonds is 5. The van der Waals surface area contributed by atoms with E-state index in [9.17, 15) is 9.90 Å². The topological polar surface area (TPSA) is 75.4 Å². The highest BCUT2D eigenvalue weighted by atomic mass is 16.4. The lowest BCUT2D eigenvalue weighted by molar-refractivity contribution is -0.138. The zero-order chi connectivity index (χ0) is 12.3. The van der Waals surface area contributed by atoms with Gasteiger partial charge in [-0.3, -0.25) is 4.79 Å². The Morgan fingerprint density at radius 2 is 2.41 bits per heavy atom. The minimum Gasteiger partial charge on any atom is -0.481 e. The average molecular weight is 234 g/mol. The number of aliphatic carboxylic acids is 1. The first-order valence-electron chi connectivity index (χ1n) is 5.43. The van der Waals surface area contributed by atoms with E-state index in [1.807, 2.05) is 0 Å². The minimum absolute atomic E-state index is 0.517. The lowest BCUT2D eigenvalue weighted by atomic mass is 9.95. The van der Waals surface area contributed by atoms with Crippen molar-refractivity contribution >= 4 is 17.1 Å². The maximum absolute atomic E-state index is 11.2. The lowest BCUT2D eigenvalue weighted by Gasteiger charge is -2.12. The molecule has 0 amide bonds. The van der Waals surface area contributed by atoms with Crippen LogP contribution in [0.1, 0.15) is 17.9 Å². The molecule has 17 heavy (non-hydrogen) atoms. The highest BCUT2D eigenvalue weighted by Gasteiger charge is 2.19. The lowest BCUT2D eigenvalue weighted by Crippen LogP contribution is -2.18. The summed E-state index contributed by atoms with van der Waals surface area (Å²) in [6, 6.07) is 5.32. The van der Waals surface area contributed by atoms with Gasteiger partial charge in [0.05, 0.1) is 5.92 Å². The Kier molecular flexibility index (Phi) is 3.39. The number of nitrogens with one attached hydrogen (secondary N) is 1. The summed E-state index contributed by atoms with van der Waals surface area (Å²) in [4.78, 5) is 15.2. The van der Waals surface area contributed by atoms with Gasteiger partial charge in [-0.2, -0.15) is 0 Å². The van der Waals surface area contributed by atoms with Gasteiger partial charge < -0.3 is 14.8 Å². The van der Waals surface area contributed by atoms with E-state index < -0.39 is 11.9 Å². The summed E-state index contributed by atoms with van der Waals surface area (Å²) in [7, 11) is 1.80. The number of carbonyl (C=O) groups is 1. The number of aromatic nitrogens is 1. The van der Waals surface area contributed by atoms with Crippen LogP contribution >= 0.6 is 0 Å². The molecule has 1 heterocycles. The third kappa shape index (κ3) is 2.45. The van der Waals surface area contributed by atoms with E-state index in [0.29, 0.717) is 18.5 Å². The molecule has 5 nitrogen and oxygen atoms in total. The molecule has 0 fully saturated rings. The van der Waals surface area contributed by atoms with Gasteiger partial charge in [-0.15, -0.1) is 0 Å². The van der Waals surface area contributed by atoms with E-state index in [1.54, 1.807) is 25.2 Å². The second kappa shape index (κ2) is 4.97. The van der Waals surface area contributed by atoms with Gasteiger partial charge in [0, 0.05) is 0 Å². The fraction of sp³-hybridized carbons (Fsp3) is 0.333. The van der Waals surface area contributed by atoms with Crippen molar-refractivity contribution in [2.45, 2.75) is 12.3 Å². The summed E-state index contributed by atoms with van der Waals surface area (Å²) in [6.07, 6.45) is 1.91. The van der Waals surface area contributed by atoms with Crippen LogP contribution in [0.3, 0.4) is 0 Å². The van der Waals surface area contributed by atoms with Crippen molar-refractivity contribution in [1.29, 1.82) is 0 Å². The van der Waals surface area contributed by atoms with Crippen LogP contribution in [0.25, 0.3) is 11.1 Å². The molecule has 0 aliphatic heterocycles. The predicted octanol–water partition coefficient (Wildman–Crippen LogP) is 1.61. The van der Waals surface area contributed by atoms with Gasteiger partial charge >= 0.3 is 5.97 Å². The Bertz CT molecular complexity index is 521. The van der Waals surface area contributed by atoms with Crippen molar-refractivity contribution in [3.8, 4) is 0 Å². The Morgan fingerprint density at radius 3 is 3.12 bits per heavy atom. The monoisotopic (exact) mass is 234 g/mol. The summed E-state index contributed by atoms with van der Waals surface area (Å²) < 4.78 is 5.17. The second-order valence-corrected chi connectivity index (χ2v) is 3.86. The maximum atomic E-state index is 11.2. The average Bonchev–Trinajstić information content (AvgIpc) is 2.76. The number of hydrogen-bond acceptors (Lipinski definition) is 4. The van der Waals surface area contributed by atoms with Crippen molar-refractivity contribution in [2.24, 2.45) is 0 Å². The van der Waals surface area contributed by atoms with Crippen LogP contribution in [0.5, 0.6) is 0 Å². The van der Waals surface area contributed by atoms with Gasteiger partial charge in [-0.05, 0) is 37.7 Å². The number of carboxylic acid groups (broad SMARTS) is 1. The number of oxazole rings is 1. The van der Waals surface area contributed by atoms with E-state index in [0.717, 1.165) is 11.1 Å². The largest absolute Gasteiger partial charge is 0.481 e. The third-order valence-corrected chi connectivity index (χ3v) is 2.74. The smallest absolute Gasteiger partial charge is 0.311 e. The molecule has 1 aromatic heterocycles. The highest BCUT2D eigenvalue weighted by Crippen LogP contribution is 2.23. The molecule has 1 unspecified atom stereocenters. The highest BCUT2D eigenvalue weighted by molar-refractivity contribution is 5.79. The molecule has 1 aromatic carbocycles. The van der Waals surface area contributed by atoms with Crippen LogP contribution in [0.2, 0.25) is 0 Å². The molecule has 2 N–H and O–H groups in total. The molecule has 0 spiro atoms. The quantitative estimate of drug-likeness (QED) is 0.822. The first-order valence-corrected chi connectivity index (χ1v) is 5.43. The van der Waals surface area contributed by atoms with E-state index in [-0.39, 0.29) is 0 Å². The molecule has 0 aliphatic rings. The second-order valence-electron chi connectivity index (χ2n) is 3.86. The number of carboxylic acids is 1. The molecule has 0 radical (unpaired) electrons. The van der Waals surface area contributed by atoms with Gasteiger partial charge in [0.15, 0.2) is 12.0 Å². The van der Waals surface area contributed by atoms with Crippen LogP contribution in [-0.2, 0) is 4.79 Å². The number of hydrogen-bond donors (Lipinski definition) is 2. The molecular weight excluding hydrogens is 220 g/mol. The summed E-state index contributed by atoms with van der Waals surface area (Å²) >= 11 is 0. The minimum atomic E-state index is -0.820. The van der Waals surface area contributed by atoms with E-state index >= 15 is 0 Å². The van der Waals surface area contributed by atoms with Crippen LogP contribution in [-0.4, -0.2) is 29.7 Å². The fourth-order valence-electron chi connectivity index (χ4n) is 1.81. The van der Waals surface area contributed by atoms with Gasteiger partial charge in [0.1, 0.15) is 5.52 Å². The van der Waals surface area contributed by atoms with Gasteiger partial charge in [0.2, 0.25) is 0 Å². The zero-order valence-corrected chi connectivity index (χ0v) is 9.51. The molecule has 0 saturated carbocycles. The van der Waals surface area contributed by atoms with Crippen molar-refractivity contribution in [3.63, 3.8) is 0 Å². The van der Waals surface area contributed by atoms with E-state index in [2.05, 4.69) is 10.3 Å². The molecular formula is C12H14N2O3. The molecule has 5 heteroatoms. The fourth-order valence-corrected chi connectivity index (χ4v) is 1.81. The van der Waals surface area contributed by atoms with Gasteiger partial charge in [-0.1, -0.05) is 6.07 Å². The summed E-state index contributed by atoms with van der Waals surface area (Å²) in [5, 5.41) is 12.2. The Balaban J connectivity index is 2.30. The summed E-state index contributed by atoms with van der Waals surface area (Å²) in [5.74, 6) is -1.34. The Morgan fingerprint density at radius 1 is 1.59 bits per heavy atom. The van der Waals surface area contributed by atoms with Crippen molar-refractivity contribution < 1.29 is 14.3 Å². The SMILES string of the molecule is CNCCC(C(=O)O)c1ccc2ncoc2c1. The van der Waals surface area contributed by atoms with Crippen LogP contribution < -0.4 is 5.32 Å². The predicted molar refractivity (Wildman–Crippen MR) is 62.9 cm³/mol. The first-order chi connectivity index (χ1) is 8.22. The molecule has 2 aromatic rings. The van der Waals surface area contributed by atoms with E-state index in [4.69, 9.17) is 4.42 Å². The van der Waals surface area contributed by atoms with Gasteiger partial charge in [-0.25, -0.2) is 4.98 Å². The van der Waals surface area contributed by atoms with Crippen LogP contribution in [0, 0.1) is 0 Å². The molecule has 0 bridgehead atoms. The number of benzene rings is 1. The Labute approximate surface area is 98.5 Å². The van der Waals surface area contributed by atoms with E-state index in [1.165, 1.54) is 6.39 Å². The molecule has 1 atom stereocenters. The molecule has 90 valence electrons. The number of fused-ring (bicyclic) bond motifs is 1. The summed E-state index contributed by atoms with van der Waals surface area (Å²) in [5.41, 5.74) is 2.11. The van der Waals surface area contributed by atoms with Crippen molar-refractivity contribution in [3.05, 3.63) is 30.2 Å². The van der Waals surface area contributed by atoms with Crippen molar-refractivity contribution in [1.82, 2.24) is 10.3 Å². The van der Waals surface area contributed by atoms with Crippen molar-refractivity contribution in [2.75, 3.05) is 13.6 Å². The third-order valence-electron chi connectivity index (χ3n) is 2.74. The number of nitrogens with zero attached hydrogens (tertiary/aromatic N) is 1. The van der Waals surface area contributed by atoms with Gasteiger partial charge in [0.25, 0.3) is 0 Å². The zero-order valence-electron chi connectivity index (χ0n) is 9.51. The maximum Gasteiger partial charge on any atom is 0.311 e. The molecule has 0 aliphatic carbocycles. The van der Waals surface area contributed by atoms with Crippen LogP contribution in [0.4, 0.5) is 0 Å².